The van der Waals surface area contributed by atoms with E-state index in [4.69, 9.17) is 9.47 Å². The first-order valence-corrected chi connectivity index (χ1v) is 7.33. The molecule has 4 nitrogen and oxygen atoms in total. The number of esters is 1. The number of hydrogen-bond acceptors (Lipinski definition) is 4. The van der Waals surface area contributed by atoms with Crippen LogP contribution in [0.2, 0.25) is 0 Å². The molecule has 0 fully saturated rings. The fourth-order valence-corrected chi connectivity index (χ4v) is 3.22. The van der Waals surface area contributed by atoms with Gasteiger partial charge in [0.2, 0.25) is 5.78 Å². The van der Waals surface area contributed by atoms with Crippen molar-refractivity contribution in [3.05, 3.63) is 35.1 Å². The van der Waals surface area contributed by atoms with E-state index in [9.17, 15) is 9.59 Å². The normalized spacial score (nSPS) is 32.8. The Morgan fingerprint density at radius 1 is 1.24 bits per heavy atom. The highest BCUT2D eigenvalue weighted by Gasteiger charge is 2.52. The predicted molar refractivity (Wildman–Crippen MR) is 77.3 cm³/mol. The van der Waals surface area contributed by atoms with Gasteiger partial charge in [0.05, 0.1) is 0 Å². The highest BCUT2D eigenvalue weighted by atomic mass is 16.5. The molecule has 112 valence electrons. The Bertz CT molecular complexity index is 606. The number of hydrogen-bond donors (Lipinski definition) is 0. The van der Waals surface area contributed by atoms with E-state index in [0.29, 0.717) is 18.4 Å². The average molecular weight is 288 g/mol. The van der Waals surface area contributed by atoms with Crippen LogP contribution in [0.25, 0.3) is 0 Å². The smallest absolute Gasteiger partial charge is 0.330 e. The standard InChI is InChI=1S/C17H20O4/c1-11-13-9-16(2,3)8-6-14(18)20-10-12-5-4-7-17(12,21-13)15(11)19/h5-6,8H,4,7,9-10H2,1-3H3/b8-6+/t17-/m1/s1. The van der Waals surface area contributed by atoms with E-state index in [0.717, 1.165) is 17.8 Å². The molecule has 2 aliphatic heterocycles. The number of carbonyl (C=O) groups excluding carboxylic acids is 2. The highest BCUT2D eigenvalue weighted by molar-refractivity contribution is 6.06. The number of ether oxygens (including phenoxy) is 2. The van der Waals surface area contributed by atoms with Crippen molar-refractivity contribution in [3.8, 4) is 0 Å². The van der Waals surface area contributed by atoms with E-state index in [2.05, 4.69) is 0 Å². The average Bonchev–Trinajstić information content (AvgIpc) is 2.92. The minimum atomic E-state index is -0.917. The molecule has 4 heteroatoms. The van der Waals surface area contributed by atoms with E-state index in [1.165, 1.54) is 6.08 Å². The molecule has 3 aliphatic rings. The van der Waals surface area contributed by atoms with Crippen LogP contribution in [0.5, 0.6) is 0 Å². The van der Waals surface area contributed by atoms with Gasteiger partial charge in [-0.1, -0.05) is 26.0 Å². The number of cyclic esters (lactones) is 1. The Labute approximate surface area is 124 Å². The number of carbonyl (C=O) groups is 2. The second-order valence-corrected chi connectivity index (χ2v) is 6.68. The third kappa shape index (κ3) is 2.23. The predicted octanol–water partition coefficient (Wildman–Crippen LogP) is 2.85. The van der Waals surface area contributed by atoms with Crippen molar-refractivity contribution >= 4 is 11.8 Å². The number of Topliss-reactive ketones (excluding diaryl/α,β-unsaturated/α-hetero) is 1. The van der Waals surface area contributed by atoms with Gasteiger partial charge in [-0.2, -0.15) is 0 Å². The lowest BCUT2D eigenvalue weighted by molar-refractivity contribution is -0.138. The summed E-state index contributed by atoms with van der Waals surface area (Å²) in [7, 11) is 0. The van der Waals surface area contributed by atoms with Crippen LogP contribution in [0.3, 0.4) is 0 Å². The molecule has 1 aliphatic carbocycles. The zero-order valence-corrected chi connectivity index (χ0v) is 12.7. The first kappa shape index (κ1) is 14.1. The molecule has 1 atom stereocenters. The molecule has 0 radical (unpaired) electrons. The summed E-state index contributed by atoms with van der Waals surface area (Å²) in [4.78, 5) is 24.5. The summed E-state index contributed by atoms with van der Waals surface area (Å²) in [5, 5.41) is 0. The molecule has 0 saturated heterocycles. The van der Waals surface area contributed by atoms with Crippen LogP contribution in [0, 0.1) is 5.41 Å². The summed E-state index contributed by atoms with van der Waals surface area (Å²) in [6.45, 7) is 5.98. The van der Waals surface area contributed by atoms with Crippen molar-refractivity contribution in [3.63, 3.8) is 0 Å². The van der Waals surface area contributed by atoms with Crippen molar-refractivity contribution < 1.29 is 19.1 Å². The Morgan fingerprint density at radius 3 is 2.76 bits per heavy atom. The van der Waals surface area contributed by atoms with Gasteiger partial charge < -0.3 is 9.47 Å². The fraction of sp³-hybridized carbons (Fsp3) is 0.529. The Morgan fingerprint density at radius 2 is 2.00 bits per heavy atom. The fourth-order valence-electron chi connectivity index (χ4n) is 3.22. The van der Waals surface area contributed by atoms with E-state index in [1.807, 2.05) is 32.9 Å². The first-order valence-electron chi connectivity index (χ1n) is 7.33. The molecule has 2 heterocycles. The first-order chi connectivity index (χ1) is 9.84. The monoisotopic (exact) mass is 288 g/mol. The largest absolute Gasteiger partial charge is 0.478 e. The van der Waals surface area contributed by atoms with Crippen molar-refractivity contribution in [2.24, 2.45) is 5.41 Å². The van der Waals surface area contributed by atoms with Crippen molar-refractivity contribution in [2.45, 2.75) is 45.6 Å². The molecule has 3 rings (SSSR count). The molecule has 21 heavy (non-hydrogen) atoms. The van der Waals surface area contributed by atoms with Crippen LogP contribution in [-0.2, 0) is 19.1 Å². The lowest BCUT2D eigenvalue weighted by Crippen LogP contribution is -2.38. The van der Waals surface area contributed by atoms with Crippen LogP contribution in [0.4, 0.5) is 0 Å². The lowest BCUT2D eigenvalue weighted by Gasteiger charge is -2.28. The summed E-state index contributed by atoms with van der Waals surface area (Å²) in [5.41, 5.74) is 0.299. The SMILES string of the molecule is CC1=C2CC(C)(C)/C=C/C(=O)OCC3=CCC[C@]3(O2)C1=O. The summed E-state index contributed by atoms with van der Waals surface area (Å²) < 4.78 is 11.4. The topological polar surface area (TPSA) is 52.6 Å². The summed E-state index contributed by atoms with van der Waals surface area (Å²) in [6.07, 6.45) is 7.27. The molecule has 1 spiro atoms. The highest BCUT2D eigenvalue weighted by Crippen LogP contribution is 2.46. The molecule has 0 amide bonds. The van der Waals surface area contributed by atoms with Gasteiger partial charge in [0.25, 0.3) is 0 Å². The molecule has 0 aromatic carbocycles. The second kappa shape index (κ2) is 4.58. The van der Waals surface area contributed by atoms with Gasteiger partial charge in [-0.25, -0.2) is 4.79 Å². The molecular formula is C17H20O4. The molecular weight excluding hydrogens is 268 g/mol. The van der Waals surface area contributed by atoms with Gasteiger partial charge in [0, 0.05) is 30.1 Å². The summed E-state index contributed by atoms with van der Waals surface area (Å²) in [5.74, 6) is 0.399. The van der Waals surface area contributed by atoms with Gasteiger partial charge in [-0.3, -0.25) is 4.79 Å². The Hall–Kier alpha value is -1.84. The zero-order chi connectivity index (χ0) is 15.3. The molecule has 0 unspecified atom stereocenters. The van der Waals surface area contributed by atoms with E-state index >= 15 is 0 Å². The summed E-state index contributed by atoms with van der Waals surface area (Å²) in [6, 6.07) is 0. The molecule has 0 aromatic rings. The summed E-state index contributed by atoms with van der Waals surface area (Å²) >= 11 is 0. The Kier molecular flexibility index (Phi) is 3.08. The van der Waals surface area contributed by atoms with Crippen LogP contribution in [-0.4, -0.2) is 24.0 Å². The maximum Gasteiger partial charge on any atom is 0.330 e. The second-order valence-electron chi connectivity index (χ2n) is 6.68. The van der Waals surface area contributed by atoms with E-state index in [1.54, 1.807) is 0 Å². The third-order valence-corrected chi connectivity index (χ3v) is 4.49. The third-order valence-electron chi connectivity index (χ3n) is 4.49. The van der Waals surface area contributed by atoms with Gasteiger partial charge >= 0.3 is 5.97 Å². The lowest BCUT2D eigenvalue weighted by atomic mass is 9.86. The van der Waals surface area contributed by atoms with Crippen molar-refractivity contribution in [1.82, 2.24) is 0 Å². The van der Waals surface area contributed by atoms with E-state index < -0.39 is 5.60 Å². The maximum atomic E-state index is 12.7. The van der Waals surface area contributed by atoms with Gasteiger partial charge in [0.15, 0.2) is 5.60 Å². The number of allylic oxidation sites excluding steroid dienone is 3. The number of fused-ring (bicyclic) bond motifs is 1. The quantitative estimate of drug-likeness (QED) is 0.508. The minimum Gasteiger partial charge on any atom is -0.478 e. The Balaban J connectivity index is 2.05. The van der Waals surface area contributed by atoms with Gasteiger partial charge in [-0.15, -0.1) is 0 Å². The van der Waals surface area contributed by atoms with Crippen LogP contribution in [0.15, 0.2) is 35.1 Å². The molecule has 0 saturated carbocycles. The van der Waals surface area contributed by atoms with Gasteiger partial charge in [-0.05, 0) is 18.8 Å². The maximum absolute atomic E-state index is 12.7. The van der Waals surface area contributed by atoms with Crippen LogP contribution >= 0.6 is 0 Å². The molecule has 0 aromatic heterocycles. The number of ketones is 1. The minimum absolute atomic E-state index is 0.0256. The van der Waals surface area contributed by atoms with Crippen LogP contribution < -0.4 is 0 Å². The molecule has 0 N–H and O–H groups in total. The van der Waals surface area contributed by atoms with Gasteiger partial charge in [0.1, 0.15) is 12.4 Å². The van der Waals surface area contributed by atoms with Crippen molar-refractivity contribution in [2.75, 3.05) is 6.61 Å². The number of rotatable bonds is 0. The van der Waals surface area contributed by atoms with Crippen LogP contribution in [0.1, 0.15) is 40.0 Å². The van der Waals surface area contributed by atoms with E-state index in [-0.39, 0.29) is 23.8 Å². The van der Waals surface area contributed by atoms with Crippen molar-refractivity contribution in [1.29, 1.82) is 0 Å². The molecule has 2 bridgehead atoms. The zero-order valence-electron chi connectivity index (χ0n) is 12.7.